The van der Waals surface area contributed by atoms with Crippen LogP contribution in [0.25, 0.3) is 0 Å². The van der Waals surface area contributed by atoms with E-state index in [-0.39, 0.29) is 0 Å². The molecule has 3 nitrogen and oxygen atoms in total. The van der Waals surface area contributed by atoms with Crippen molar-refractivity contribution in [1.29, 1.82) is 0 Å². The fourth-order valence-corrected chi connectivity index (χ4v) is 1.99. The van der Waals surface area contributed by atoms with Crippen LogP contribution < -0.4 is 0 Å². The number of hydrogen-bond acceptors (Lipinski definition) is 2. The molecule has 0 fully saturated rings. The molecule has 16 heavy (non-hydrogen) atoms. The summed E-state index contributed by atoms with van der Waals surface area (Å²) >= 11 is 0. The van der Waals surface area contributed by atoms with Gasteiger partial charge in [0.05, 0.1) is 5.69 Å². The van der Waals surface area contributed by atoms with Crippen molar-refractivity contribution >= 4 is 0 Å². The summed E-state index contributed by atoms with van der Waals surface area (Å²) in [5.74, 6) is 1.26. The van der Waals surface area contributed by atoms with Crippen LogP contribution in [0.5, 0.6) is 5.75 Å². The lowest BCUT2D eigenvalue weighted by Crippen LogP contribution is -2.06. The van der Waals surface area contributed by atoms with Gasteiger partial charge in [-0.05, 0) is 24.7 Å². The summed E-state index contributed by atoms with van der Waals surface area (Å²) in [6, 6.07) is 0. The Balaban J connectivity index is 3.08. The predicted octanol–water partition coefficient (Wildman–Crippen LogP) is 3.32. The van der Waals surface area contributed by atoms with Gasteiger partial charge < -0.3 is 5.11 Å². The highest BCUT2D eigenvalue weighted by Crippen LogP contribution is 2.30. The third-order valence-corrected chi connectivity index (χ3v) is 2.62. The number of hydrogen-bond donors (Lipinski definition) is 1. The minimum atomic E-state index is 0.319. The Kier molecular flexibility index (Phi) is 4.39. The average molecular weight is 224 g/mol. The Morgan fingerprint density at radius 3 is 2.31 bits per heavy atom. The van der Waals surface area contributed by atoms with Crippen molar-refractivity contribution in [3.8, 4) is 5.75 Å². The molecule has 1 rings (SSSR count). The molecule has 0 spiro atoms. The monoisotopic (exact) mass is 224 g/mol. The summed E-state index contributed by atoms with van der Waals surface area (Å²) in [6.07, 6.45) is 1.89. The molecule has 0 saturated heterocycles. The van der Waals surface area contributed by atoms with Gasteiger partial charge in [0, 0.05) is 6.54 Å². The molecule has 3 heteroatoms. The van der Waals surface area contributed by atoms with Crippen molar-refractivity contribution in [3.63, 3.8) is 0 Å². The Bertz CT molecular complexity index is 340. The first-order chi connectivity index (χ1) is 7.47. The van der Waals surface area contributed by atoms with E-state index in [9.17, 15) is 5.11 Å². The predicted molar refractivity (Wildman–Crippen MR) is 66.8 cm³/mol. The van der Waals surface area contributed by atoms with Crippen LogP contribution in [0.15, 0.2) is 0 Å². The van der Waals surface area contributed by atoms with Gasteiger partial charge in [-0.15, -0.1) is 0 Å². The summed E-state index contributed by atoms with van der Waals surface area (Å²) in [4.78, 5) is 0. The van der Waals surface area contributed by atoms with Crippen LogP contribution in [0.1, 0.15) is 58.3 Å². The van der Waals surface area contributed by atoms with E-state index in [2.05, 4.69) is 39.7 Å². The molecular weight excluding hydrogens is 200 g/mol. The Labute approximate surface area is 98.5 Å². The van der Waals surface area contributed by atoms with Gasteiger partial charge in [0.15, 0.2) is 5.75 Å². The van der Waals surface area contributed by atoms with Crippen molar-refractivity contribution in [3.05, 3.63) is 11.4 Å². The number of aryl methyl sites for hydroxylation is 1. The fourth-order valence-electron chi connectivity index (χ4n) is 1.99. The van der Waals surface area contributed by atoms with Crippen LogP contribution in [0.2, 0.25) is 0 Å². The lowest BCUT2D eigenvalue weighted by atomic mass is 10.0. The smallest absolute Gasteiger partial charge is 0.160 e. The third kappa shape index (κ3) is 2.77. The maximum atomic E-state index is 10.2. The highest BCUT2D eigenvalue weighted by Gasteiger charge is 2.19. The number of rotatable bonds is 5. The van der Waals surface area contributed by atoms with Crippen LogP contribution in [0, 0.1) is 5.92 Å². The molecule has 1 aromatic rings. The zero-order valence-electron chi connectivity index (χ0n) is 11.1. The maximum absolute atomic E-state index is 10.2. The zero-order valence-corrected chi connectivity index (χ0v) is 11.1. The molecule has 92 valence electrons. The molecule has 0 bridgehead atoms. The van der Waals surface area contributed by atoms with E-state index in [1.807, 2.05) is 4.68 Å². The Hall–Kier alpha value is -0.990. The van der Waals surface area contributed by atoms with Crippen LogP contribution in [-0.2, 0) is 13.0 Å². The van der Waals surface area contributed by atoms with Gasteiger partial charge in [-0.3, -0.25) is 4.68 Å². The van der Waals surface area contributed by atoms with Crippen molar-refractivity contribution in [2.75, 3.05) is 0 Å². The normalized spacial score (nSPS) is 11.7. The van der Waals surface area contributed by atoms with Gasteiger partial charge in [0.25, 0.3) is 0 Å². The fraction of sp³-hybridized carbons (Fsp3) is 0.769. The molecule has 0 radical (unpaired) electrons. The van der Waals surface area contributed by atoms with E-state index in [4.69, 9.17) is 0 Å². The van der Waals surface area contributed by atoms with Crippen LogP contribution in [-0.4, -0.2) is 14.9 Å². The first kappa shape index (κ1) is 13.1. The minimum absolute atomic E-state index is 0.319. The molecular formula is C13H24N2O. The van der Waals surface area contributed by atoms with Gasteiger partial charge in [-0.2, -0.15) is 5.10 Å². The Morgan fingerprint density at radius 1 is 1.25 bits per heavy atom. The van der Waals surface area contributed by atoms with Gasteiger partial charge in [0.1, 0.15) is 5.69 Å². The van der Waals surface area contributed by atoms with Crippen molar-refractivity contribution in [2.24, 2.45) is 5.92 Å². The van der Waals surface area contributed by atoms with Crippen LogP contribution in [0.4, 0.5) is 0 Å². The van der Waals surface area contributed by atoms with E-state index >= 15 is 0 Å². The van der Waals surface area contributed by atoms with Crippen LogP contribution >= 0.6 is 0 Å². The number of nitrogens with zero attached hydrogens (tertiary/aromatic N) is 2. The molecule has 0 unspecified atom stereocenters. The summed E-state index contributed by atoms with van der Waals surface area (Å²) < 4.78 is 1.97. The second-order valence-corrected chi connectivity index (χ2v) is 5.16. The number of aromatic hydroxyl groups is 1. The minimum Gasteiger partial charge on any atom is -0.504 e. The highest BCUT2D eigenvalue weighted by atomic mass is 16.3. The van der Waals surface area contributed by atoms with Crippen molar-refractivity contribution < 1.29 is 5.11 Å². The van der Waals surface area contributed by atoms with Gasteiger partial charge >= 0.3 is 0 Å². The molecule has 0 atom stereocenters. The van der Waals surface area contributed by atoms with Gasteiger partial charge in [0.2, 0.25) is 0 Å². The maximum Gasteiger partial charge on any atom is 0.160 e. The molecule has 0 saturated carbocycles. The molecule has 0 aliphatic heterocycles. The SMILES string of the molecule is CCCn1nc(CC(C)C)c(O)c1C(C)C. The van der Waals surface area contributed by atoms with E-state index in [0.717, 1.165) is 30.8 Å². The van der Waals surface area contributed by atoms with Gasteiger partial charge in [-0.25, -0.2) is 0 Å². The topological polar surface area (TPSA) is 38.0 Å². The summed E-state index contributed by atoms with van der Waals surface area (Å²) in [5.41, 5.74) is 1.84. The first-order valence-corrected chi connectivity index (χ1v) is 6.25. The number of aromatic nitrogens is 2. The average Bonchev–Trinajstić information content (AvgIpc) is 2.43. The second kappa shape index (κ2) is 5.37. The molecule has 0 amide bonds. The summed E-state index contributed by atoms with van der Waals surface area (Å²) in [6.45, 7) is 11.5. The zero-order chi connectivity index (χ0) is 12.3. The molecule has 0 aliphatic carbocycles. The molecule has 1 N–H and O–H groups in total. The first-order valence-electron chi connectivity index (χ1n) is 6.25. The second-order valence-electron chi connectivity index (χ2n) is 5.16. The quantitative estimate of drug-likeness (QED) is 0.833. The molecule has 1 aromatic heterocycles. The van der Waals surface area contributed by atoms with Crippen LogP contribution in [0.3, 0.4) is 0 Å². The van der Waals surface area contributed by atoms with E-state index in [1.165, 1.54) is 0 Å². The van der Waals surface area contributed by atoms with E-state index in [0.29, 0.717) is 17.6 Å². The summed E-state index contributed by atoms with van der Waals surface area (Å²) in [5, 5.41) is 14.7. The largest absolute Gasteiger partial charge is 0.504 e. The van der Waals surface area contributed by atoms with Crippen molar-refractivity contribution in [1.82, 2.24) is 9.78 Å². The van der Waals surface area contributed by atoms with E-state index in [1.54, 1.807) is 0 Å². The van der Waals surface area contributed by atoms with Crippen molar-refractivity contribution in [2.45, 2.75) is 59.9 Å². The highest BCUT2D eigenvalue weighted by molar-refractivity contribution is 5.34. The third-order valence-electron chi connectivity index (χ3n) is 2.62. The molecule has 0 aromatic carbocycles. The van der Waals surface area contributed by atoms with Gasteiger partial charge in [-0.1, -0.05) is 34.6 Å². The lowest BCUT2D eigenvalue weighted by Gasteiger charge is -2.08. The standard InChI is InChI=1S/C13H24N2O/c1-6-7-15-12(10(4)5)13(16)11(14-15)8-9(2)3/h9-10,16H,6-8H2,1-5H3. The summed E-state index contributed by atoms with van der Waals surface area (Å²) in [7, 11) is 0. The molecule has 0 aliphatic rings. The van der Waals surface area contributed by atoms with E-state index < -0.39 is 0 Å². The Morgan fingerprint density at radius 2 is 1.88 bits per heavy atom. The molecule has 1 heterocycles. The lowest BCUT2D eigenvalue weighted by molar-refractivity contribution is 0.448.